The van der Waals surface area contributed by atoms with Crippen molar-refractivity contribution in [2.75, 3.05) is 10.6 Å². The zero-order chi connectivity index (χ0) is 26.9. The molecule has 1 aliphatic carbocycles. The fourth-order valence-electron chi connectivity index (χ4n) is 4.70. The van der Waals surface area contributed by atoms with Gasteiger partial charge in [0.15, 0.2) is 0 Å². The lowest BCUT2D eigenvalue weighted by atomic mass is 9.80. The van der Waals surface area contributed by atoms with Gasteiger partial charge in [-0.1, -0.05) is 39.7 Å². The molecule has 0 unspecified atom stereocenters. The molecule has 2 aromatic carbocycles. The summed E-state index contributed by atoms with van der Waals surface area (Å²) in [5.41, 5.74) is 3.76. The average molecular weight is 530 g/mol. The van der Waals surface area contributed by atoms with E-state index in [1.54, 1.807) is 30.5 Å². The van der Waals surface area contributed by atoms with E-state index in [-0.39, 0.29) is 23.2 Å². The predicted octanol–water partition coefficient (Wildman–Crippen LogP) is 6.62. The lowest BCUT2D eigenvalue weighted by Crippen LogP contribution is -2.27. The highest BCUT2D eigenvalue weighted by atomic mass is 16.2. The van der Waals surface area contributed by atoms with Gasteiger partial charge in [-0.2, -0.15) is 0 Å². The van der Waals surface area contributed by atoms with Gasteiger partial charge in [0, 0.05) is 28.9 Å². The minimum Gasteiger partial charge on any atom is -0.412 e. The van der Waals surface area contributed by atoms with Crippen LogP contribution in [0, 0.1) is 11.8 Å². The number of anilines is 2. The van der Waals surface area contributed by atoms with E-state index in [1.807, 2.05) is 36.4 Å². The maximum absolute atomic E-state index is 12.7. The maximum atomic E-state index is 12.7. The smallest absolute Gasteiger partial charge is 0.256 e. The number of fused-ring (bicyclic) bond motifs is 1. The number of carbonyl (C=O) groups is 2. The van der Waals surface area contributed by atoms with E-state index in [0.29, 0.717) is 17.2 Å². The highest BCUT2D eigenvalue weighted by molar-refractivity contribution is 6.05. The molecule has 4 aromatic rings. The highest BCUT2D eigenvalue weighted by Gasteiger charge is 2.25. The molecule has 5 rings (SSSR count). The monoisotopic (exact) mass is 529 g/mol. The first kappa shape index (κ1) is 29.5. The van der Waals surface area contributed by atoms with Crippen molar-refractivity contribution in [3.8, 4) is 11.4 Å². The van der Waals surface area contributed by atoms with Crippen LogP contribution in [0.4, 0.5) is 11.5 Å². The Morgan fingerprint density at radius 2 is 1.64 bits per heavy atom. The van der Waals surface area contributed by atoms with Crippen molar-refractivity contribution in [2.45, 2.75) is 59.3 Å². The second-order valence-corrected chi connectivity index (χ2v) is 9.89. The van der Waals surface area contributed by atoms with Gasteiger partial charge < -0.3 is 21.1 Å². The summed E-state index contributed by atoms with van der Waals surface area (Å²) in [4.78, 5) is 37.3. The van der Waals surface area contributed by atoms with Gasteiger partial charge in [-0.15, -0.1) is 0 Å². The number of benzene rings is 2. The molecule has 1 aliphatic rings. The van der Waals surface area contributed by atoms with E-state index in [4.69, 9.17) is 0 Å². The summed E-state index contributed by atoms with van der Waals surface area (Å²) in [5, 5.41) is 5.86. The topological polar surface area (TPSA) is 131 Å². The molecule has 39 heavy (non-hydrogen) atoms. The first-order valence-electron chi connectivity index (χ1n) is 13.6. The Balaban J connectivity index is 0.00000101. The molecule has 0 spiro atoms. The van der Waals surface area contributed by atoms with Crippen LogP contribution >= 0.6 is 0 Å². The van der Waals surface area contributed by atoms with E-state index >= 15 is 0 Å². The van der Waals surface area contributed by atoms with Crippen LogP contribution in [-0.4, -0.2) is 32.2 Å². The Labute approximate surface area is 230 Å². The van der Waals surface area contributed by atoms with E-state index < -0.39 is 0 Å². The lowest BCUT2D eigenvalue weighted by molar-refractivity contribution is -0.121. The van der Waals surface area contributed by atoms with Crippen LogP contribution < -0.4 is 10.6 Å². The summed E-state index contributed by atoms with van der Waals surface area (Å²) in [5.74, 6) is 1.98. The molecule has 0 saturated heterocycles. The van der Waals surface area contributed by atoms with Crippen LogP contribution in [0.1, 0.15) is 69.7 Å². The van der Waals surface area contributed by atoms with Gasteiger partial charge >= 0.3 is 0 Å². The van der Waals surface area contributed by atoms with Crippen LogP contribution in [0.2, 0.25) is 0 Å². The van der Waals surface area contributed by atoms with E-state index in [0.717, 1.165) is 53.9 Å². The molecule has 5 N–H and O–H groups in total. The van der Waals surface area contributed by atoms with Gasteiger partial charge in [-0.05, 0) is 86.2 Å². The average Bonchev–Trinajstić information content (AvgIpc) is 3.38. The minimum atomic E-state index is -0.231. The number of hydrogen-bond donors (Lipinski definition) is 3. The molecule has 0 aliphatic heterocycles. The Hall–Kier alpha value is -4.04. The van der Waals surface area contributed by atoms with E-state index in [1.165, 1.54) is 12.8 Å². The summed E-state index contributed by atoms with van der Waals surface area (Å²) >= 11 is 0. The molecule has 0 bridgehead atoms. The molecule has 1 saturated carbocycles. The molecule has 2 amide bonds. The van der Waals surface area contributed by atoms with Gasteiger partial charge in [-0.25, -0.2) is 9.97 Å². The van der Waals surface area contributed by atoms with Crippen LogP contribution in [0.5, 0.6) is 0 Å². The lowest BCUT2D eigenvalue weighted by Gasteiger charge is -2.26. The van der Waals surface area contributed by atoms with Gasteiger partial charge in [0.05, 0.1) is 11.0 Å². The van der Waals surface area contributed by atoms with Gasteiger partial charge in [-0.3, -0.25) is 9.59 Å². The molecule has 8 heteroatoms. The molecule has 0 atom stereocenters. The largest absolute Gasteiger partial charge is 0.412 e. The zero-order valence-electron chi connectivity index (χ0n) is 23.0. The molecule has 2 heterocycles. The number of aromatic nitrogens is 3. The van der Waals surface area contributed by atoms with Crippen LogP contribution in [0.3, 0.4) is 0 Å². The van der Waals surface area contributed by atoms with E-state index in [2.05, 4.69) is 46.4 Å². The van der Waals surface area contributed by atoms with Crippen molar-refractivity contribution in [1.82, 2.24) is 15.0 Å². The molecule has 8 nitrogen and oxygen atoms in total. The van der Waals surface area contributed by atoms with Crippen molar-refractivity contribution in [1.29, 1.82) is 0 Å². The standard InChI is InChI=1S/C28H29N5O2.C3H8.H2O/c1-2-18-6-8-20(9-7-18)27(34)30-22-13-10-19(11-14-22)26-31-23-15-12-21(17-24(23)32-26)28(35)33-25-5-3-4-16-29-25;1-3-2;/h3-5,10-18,20H,2,6-9H2,1H3,(H,30,34)(H,31,32)(H,29,33,35);3H2,1-2H3;1H2. The second kappa shape index (κ2) is 14.2. The number of imidazole rings is 1. The summed E-state index contributed by atoms with van der Waals surface area (Å²) in [6, 6.07) is 18.4. The highest BCUT2D eigenvalue weighted by Crippen LogP contribution is 2.31. The third kappa shape index (κ3) is 7.74. The van der Waals surface area contributed by atoms with E-state index in [9.17, 15) is 9.59 Å². The molecular weight excluding hydrogens is 490 g/mol. The number of pyridine rings is 1. The quantitative estimate of drug-likeness (QED) is 0.259. The SMILES string of the molecule is CCC.CCC1CCC(C(=O)Nc2ccc(-c3nc4ccc(C(=O)Nc5ccccn5)cc4[nH]3)cc2)CC1.O. The number of aromatic amines is 1. The maximum Gasteiger partial charge on any atom is 0.256 e. The van der Waals surface area contributed by atoms with Crippen molar-refractivity contribution in [3.63, 3.8) is 0 Å². The van der Waals surface area contributed by atoms with Gasteiger partial charge in [0.25, 0.3) is 5.91 Å². The molecule has 206 valence electrons. The molecule has 1 fully saturated rings. The Bertz CT molecular complexity index is 1340. The summed E-state index contributed by atoms with van der Waals surface area (Å²) in [6.45, 7) is 6.48. The molecule has 2 aromatic heterocycles. The van der Waals surface area contributed by atoms with Crippen molar-refractivity contribution < 1.29 is 15.1 Å². The Morgan fingerprint density at radius 1 is 0.923 bits per heavy atom. The number of nitrogens with zero attached hydrogens (tertiary/aromatic N) is 2. The Kier molecular flexibility index (Phi) is 10.8. The third-order valence-corrected chi connectivity index (χ3v) is 6.87. The summed E-state index contributed by atoms with van der Waals surface area (Å²) in [6.07, 6.45) is 8.33. The summed E-state index contributed by atoms with van der Waals surface area (Å²) in [7, 11) is 0. The van der Waals surface area contributed by atoms with Crippen molar-refractivity contribution in [2.24, 2.45) is 11.8 Å². The predicted molar refractivity (Wildman–Crippen MR) is 158 cm³/mol. The fourth-order valence-corrected chi connectivity index (χ4v) is 4.70. The van der Waals surface area contributed by atoms with Crippen LogP contribution in [0.25, 0.3) is 22.4 Å². The zero-order valence-corrected chi connectivity index (χ0v) is 23.0. The Morgan fingerprint density at radius 3 is 2.28 bits per heavy atom. The van der Waals surface area contributed by atoms with Gasteiger partial charge in [0.2, 0.25) is 5.91 Å². The van der Waals surface area contributed by atoms with Gasteiger partial charge in [0.1, 0.15) is 11.6 Å². The normalized spacial score (nSPS) is 16.4. The number of amides is 2. The van der Waals surface area contributed by atoms with Crippen molar-refractivity contribution >= 4 is 34.4 Å². The third-order valence-electron chi connectivity index (χ3n) is 6.87. The van der Waals surface area contributed by atoms with Crippen LogP contribution in [-0.2, 0) is 4.79 Å². The first-order chi connectivity index (χ1) is 18.5. The number of hydrogen-bond acceptors (Lipinski definition) is 4. The summed E-state index contributed by atoms with van der Waals surface area (Å²) < 4.78 is 0. The molecular formula is C31H39N5O3. The first-order valence-corrected chi connectivity index (χ1v) is 13.6. The molecule has 0 radical (unpaired) electrons. The van der Waals surface area contributed by atoms with Crippen molar-refractivity contribution in [3.05, 3.63) is 72.4 Å². The number of H-pyrrole nitrogens is 1. The second-order valence-electron chi connectivity index (χ2n) is 9.89. The van der Waals surface area contributed by atoms with Crippen LogP contribution in [0.15, 0.2) is 66.9 Å². The fraction of sp³-hybridized carbons (Fsp3) is 0.355. The minimum absolute atomic E-state index is 0. The number of rotatable bonds is 6. The number of carbonyl (C=O) groups excluding carboxylic acids is 2. The number of nitrogens with one attached hydrogen (secondary N) is 3.